The van der Waals surface area contributed by atoms with E-state index in [-0.39, 0.29) is 5.82 Å². The summed E-state index contributed by atoms with van der Waals surface area (Å²) in [5.41, 5.74) is 1.10. The highest BCUT2D eigenvalue weighted by Crippen LogP contribution is 2.24. The molecule has 0 saturated carbocycles. The van der Waals surface area contributed by atoms with Crippen LogP contribution in [0.3, 0.4) is 0 Å². The van der Waals surface area contributed by atoms with Gasteiger partial charge in [-0.2, -0.15) is 0 Å². The molecule has 0 amide bonds. The van der Waals surface area contributed by atoms with E-state index in [9.17, 15) is 4.39 Å². The maximum Gasteiger partial charge on any atom is 0.123 e. The molecule has 2 nitrogen and oxygen atoms in total. The normalized spacial score (nSPS) is 10.8. The highest BCUT2D eigenvalue weighted by atomic mass is 32.2. The standard InChI is InChI=1S/C14H17FN2S2/c1-2-7-16-8-12-9-19-14(17-12)10-18-13-5-3-11(15)4-6-13/h3-6,9,16H,2,7-8,10H2,1H3. The van der Waals surface area contributed by atoms with Crippen LogP contribution in [0.5, 0.6) is 0 Å². The Morgan fingerprint density at radius 3 is 2.84 bits per heavy atom. The third-order valence-corrected chi connectivity index (χ3v) is 4.61. The predicted molar refractivity (Wildman–Crippen MR) is 80.1 cm³/mol. The number of halogens is 1. The lowest BCUT2D eigenvalue weighted by molar-refractivity contribution is 0.626. The number of hydrogen-bond donors (Lipinski definition) is 1. The van der Waals surface area contributed by atoms with E-state index in [1.807, 2.05) is 0 Å². The SMILES string of the molecule is CCCNCc1csc(CSc2ccc(F)cc2)n1. The van der Waals surface area contributed by atoms with Crippen molar-refractivity contribution in [1.29, 1.82) is 0 Å². The number of nitrogens with zero attached hydrogens (tertiary/aromatic N) is 1. The van der Waals surface area contributed by atoms with Crippen molar-refractivity contribution in [3.8, 4) is 0 Å². The molecule has 5 heteroatoms. The second-order valence-electron chi connectivity index (χ2n) is 4.15. The monoisotopic (exact) mass is 296 g/mol. The van der Waals surface area contributed by atoms with E-state index < -0.39 is 0 Å². The number of hydrogen-bond acceptors (Lipinski definition) is 4. The molecule has 0 atom stereocenters. The van der Waals surface area contributed by atoms with Crippen molar-refractivity contribution < 1.29 is 4.39 Å². The minimum atomic E-state index is -0.192. The predicted octanol–water partition coefficient (Wildman–Crippen LogP) is 4.07. The van der Waals surface area contributed by atoms with Crippen LogP contribution in [0.25, 0.3) is 0 Å². The van der Waals surface area contributed by atoms with Gasteiger partial charge in [0.25, 0.3) is 0 Å². The molecule has 2 rings (SSSR count). The Bertz CT molecular complexity index is 496. The Morgan fingerprint density at radius 1 is 1.32 bits per heavy atom. The second-order valence-corrected chi connectivity index (χ2v) is 6.14. The van der Waals surface area contributed by atoms with Gasteiger partial charge in [0.15, 0.2) is 0 Å². The van der Waals surface area contributed by atoms with E-state index in [4.69, 9.17) is 0 Å². The number of nitrogens with one attached hydrogen (secondary N) is 1. The zero-order chi connectivity index (χ0) is 13.5. The minimum absolute atomic E-state index is 0.192. The number of rotatable bonds is 7. The van der Waals surface area contributed by atoms with Crippen LogP contribution in [0.2, 0.25) is 0 Å². The van der Waals surface area contributed by atoms with Gasteiger partial charge in [-0.3, -0.25) is 0 Å². The number of thiazole rings is 1. The molecule has 0 radical (unpaired) electrons. The van der Waals surface area contributed by atoms with E-state index in [1.165, 1.54) is 12.1 Å². The molecule has 1 aromatic carbocycles. The molecule has 0 unspecified atom stereocenters. The van der Waals surface area contributed by atoms with Gasteiger partial charge in [-0.15, -0.1) is 23.1 Å². The molecule has 2 aromatic rings. The van der Waals surface area contributed by atoms with Gasteiger partial charge in [0, 0.05) is 16.8 Å². The number of aromatic nitrogens is 1. The number of thioether (sulfide) groups is 1. The summed E-state index contributed by atoms with van der Waals surface area (Å²) in [4.78, 5) is 5.65. The second kappa shape index (κ2) is 7.62. The smallest absolute Gasteiger partial charge is 0.123 e. The third-order valence-electron chi connectivity index (χ3n) is 2.51. The third kappa shape index (κ3) is 4.93. The molecule has 1 heterocycles. The fraction of sp³-hybridized carbons (Fsp3) is 0.357. The van der Waals surface area contributed by atoms with Crippen molar-refractivity contribution in [3.63, 3.8) is 0 Å². The van der Waals surface area contributed by atoms with Gasteiger partial charge in [-0.25, -0.2) is 9.37 Å². The summed E-state index contributed by atoms with van der Waals surface area (Å²) < 4.78 is 12.8. The largest absolute Gasteiger partial charge is 0.311 e. The van der Waals surface area contributed by atoms with Crippen molar-refractivity contribution in [2.45, 2.75) is 30.5 Å². The minimum Gasteiger partial charge on any atom is -0.311 e. The van der Waals surface area contributed by atoms with Crippen LogP contribution in [-0.4, -0.2) is 11.5 Å². The molecule has 1 N–H and O–H groups in total. The van der Waals surface area contributed by atoms with E-state index in [0.717, 1.165) is 40.9 Å². The Balaban J connectivity index is 1.81. The van der Waals surface area contributed by atoms with Crippen molar-refractivity contribution >= 4 is 23.1 Å². The van der Waals surface area contributed by atoms with Crippen LogP contribution in [0.4, 0.5) is 4.39 Å². The van der Waals surface area contributed by atoms with E-state index in [1.54, 1.807) is 35.2 Å². The molecular weight excluding hydrogens is 279 g/mol. The van der Waals surface area contributed by atoms with Crippen LogP contribution in [0, 0.1) is 5.82 Å². The van der Waals surface area contributed by atoms with Gasteiger partial charge in [-0.05, 0) is 37.2 Å². The quantitative estimate of drug-likeness (QED) is 0.616. The zero-order valence-electron chi connectivity index (χ0n) is 10.9. The van der Waals surface area contributed by atoms with E-state index in [2.05, 4.69) is 22.6 Å². The van der Waals surface area contributed by atoms with E-state index in [0.29, 0.717) is 0 Å². The summed E-state index contributed by atoms with van der Waals surface area (Å²) in [7, 11) is 0. The molecule has 0 saturated heterocycles. The highest BCUT2D eigenvalue weighted by Gasteiger charge is 2.03. The highest BCUT2D eigenvalue weighted by molar-refractivity contribution is 7.98. The van der Waals surface area contributed by atoms with Crippen molar-refractivity contribution in [1.82, 2.24) is 10.3 Å². The van der Waals surface area contributed by atoms with Crippen LogP contribution < -0.4 is 5.32 Å². The molecule has 0 spiro atoms. The first-order chi connectivity index (χ1) is 9.28. The average molecular weight is 296 g/mol. The summed E-state index contributed by atoms with van der Waals surface area (Å²) >= 11 is 3.37. The van der Waals surface area contributed by atoms with Gasteiger partial charge < -0.3 is 5.32 Å². The summed E-state index contributed by atoms with van der Waals surface area (Å²) in [5.74, 6) is 0.646. The lowest BCUT2D eigenvalue weighted by Gasteiger charge is -1.99. The van der Waals surface area contributed by atoms with Crippen LogP contribution in [-0.2, 0) is 12.3 Å². The molecule has 0 aliphatic rings. The molecule has 0 aliphatic carbocycles. The molecule has 0 aliphatic heterocycles. The van der Waals surface area contributed by atoms with Crippen molar-refractivity contribution in [3.05, 3.63) is 46.2 Å². The van der Waals surface area contributed by atoms with Gasteiger partial charge in [-0.1, -0.05) is 6.92 Å². The van der Waals surface area contributed by atoms with Gasteiger partial charge in [0.05, 0.1) is 11.4 Å². The lowest BCUT2D eigenvalue weighted by atomic mass is 10.4. The fourth-order valence-electron chi connectivity index (χ4n) is 1.57. The maximum absolute atomic E-state index is 12.8. The van der Waals surface area contributed by atoms with Gasteiger partial charge >= 0.3 is 0 Å². The first-order valence-corrected chi connectivity index (χ1v) is 8.17. The fourth-order valence-corrected chi connectivity index (χ4v) is 3.28. The molecule has 0 bridgehead atoms. The number of benzene rings is 1. The van der Waals surface area contributed by atoms with Crippen molar-refractivity contribution in [2.75, 3.05) is 6.54 Å². The molecule has 0 fully saturated rings. The average Bonchev–Trinajstić information content (AvgIpc) is 2.86. The zero-order valence-corrected chi connectivity index (χ0v) is 12.5. The Morgan fingerprint density at radius 2 is 2.11 bits per heavy atom. The first-order valence-electron chi connectivity index (χ1n) is 6.30. The maximum atomic E-state index is 12.8. The molecule has 19 heavy (non-hydrogen) atoms. The Kier molecular flexibility index (Phi) is 5.82. The summed E-state index contributed by atoms with van der Waals surface area (Å²) in [6.45, 7) is 4.02. The van der Waals surface area contributed by atoms with Crippen LogP contribution in [0.1, 0.15) is 24.0 Å². The summed E-state index contributed by atoms with van der Waals surface area (Å²) in [6, 6.07) is 6.59. The van der Waals surface area contributed by atoms with E-state index >= 15 is 0 Å². The topological polar surface area (TPSA) is 24.9 Å². The van der Waals surface area contributed by atoms with Crippen LogP contribution >= 0.6 is 23.1 Å². The summed E-state index contributed by atoms with van der Waals surface area (Å²) in [5, 5.41) is 6.55. The molecule has 1 aromatic heterocycles. The lowest BCUT2D eigenvalue weighted by Crippen LogP contribution is -2.13. The molecule has 102 valence electrons. The Hall–Kier alpha value is -0.910. The first kappa shape index (κ1) is 14.5. The van der Waals surface area contributed by atoms with Gasteiger partial charge in [0.1, 0.15) is 10.8 Å². The Labute approximate surface area is 121 Å². The molecular formula is C14H17FN2S2. The van der Waals surface area contributed by atoms with Crippen molar-refractivity contribution in [2.24, 2.45) is 0 Å². The van der Waals surface area contributed by atoms with Gasteiger partial charge in [0.2, 0.25) is 0 Å². The van der Waals surface area contributed by atoms with Crippen LogP contribution in [0.15, 0.2) is 34.5 Å². The summed E-state index contributed by atoms with van der Waals surface area (Å²) in [6.07, 6.45) is 1.14.